The molecular weight excluding hydrogens is 276 g/mol. The lowest BCUT2D eigenvalue weighted by atomic mass is 10.1. The number of benzene rings is 1. The first-order valence-electron chi connectivity index (χ1n) is 8.65. The van der Waals surface area contributed by atoms with Crippen LogP contribution in [0.15, 0.2) is 24.3 Å². The van der Waals surface area contributed by atoms with Crippen LogP contribution in [-0.4, -0.2) is 17.2 Å². The fourth-order valence-corrected chi connectivity index (χ4v) is 2.41. The van der Waals surface area contributed by atoms with Gasteiger partial charge in [0.25, 0.3) is 0 Å². The fourth-order valence-electron chi connectivity index (χ4n) is 2.41. The number of unbranched alkanes of at least 4 members (excludes halogenated alkanes) is 5. The summed E-state index contributed by atoms with van der Waals surface area (Å²) in [5, 5.41) is 9.88. The van der Waals surface area contributed by atoms with Crippen molar-refractivity contribution < 1.29 is 14.6 Å². The molecule has 1 aromatic carbocycles. The zero-order valence-corrected chi connectivity index (χ0v) is 14.0. The summed E-state index contributed by atoms with van der Waals surface area (Å²) in [7, 11) is 0. The van der Waals surface area contributed by atoms with Crippen LogP contribution >= 0.6 is 0 Å². The van der Waals surface area contributed by atoms with Crippen LogP contribution in [0.4, 0.5) is 0 Å². The number of carbonyl (C=O) groups is 1. The van der Waals surface area contributed by atoms with E-state index in [4.69, 9.17) is 4.74 Å². The Morgan fingerprint density at radius 1 is 1.00 bits per heavy atom. The van der Waals surface area contributed by atoms with E-state index in [-0.39, 0.29) is 5.78 Å². The Morgan fingerprint density at radius 2 is 1.64 bits per heavy atom. The normalized spacial score (nSPS) is 12.1. The minimum atomic E-state index is -0.761. The minimum absolute atomic E-state index is 0.154. The molecule has 1 rings (SSSR count). The van der Waals surface area contributed by atoms with Gasteiger partial charge in [-0.3, -0.25) is 4.79 Å². The Labute approximate surface area is 134 Å². The first kappa shape index (κ1) is 18.7. The Balaban J connectivity index is 2.26. The summed E-state index contributed by atoms with van der Waals surface area (Å²) in [6.07, 6.45) is 8.50. The number of aliphatic hydroxyl groups excluding tert-OH is 1. The van der Waals surface area contributed by atoms with Crippen molar-refractivity contribution in [3.63, 3.8) is 0 Å². The molecule has 0 aliphatic carbocycles. The van der Waals surface area contributed by atoms with E-state index in [9.17, 15) is 9.90 Å². The zero-order valence-electron chi connectivity index (χ0n) is 14.0. The van der Waals surface area contributed by atoms with Gasteiger partial charge in [0.15, 0.2) is 12.1 Å². The van der Waals surface area contributed by atoms with Gasteiger partial charge in [-0.25, -0.2) is 0 Å². The second-order valence-electron chi connectivity index (χ2n) is 5.83. The SMILES string of the molecule is CCCCCCCCC(O)Oc1ccc(C(=O)CCC)cc1. The number of rotatable bonds is 12. The predicted octanol–water partition coefficient (Wildman–Crippen LogP) is 5.12. The largest absolute Gasteiger partial charge is 0.465 e. The van der Waals surface area contributed by atoms with Crippen molar-refractivity contribution in [3.8, 4) is 5.75 Å². The van der Waals surface area contributed by atoms with Crippen molar-refractivity contribution in [2.24, 2.45) is 0 Å². The average Bonchev–Trinajstić information content (AvgIpc) is 2.51. The van der Waals surface area contributed by atoms with Crippen LogP contribution in [0, 0.1) is 0 Å². The molecule has 0 aromatic heterocycles. The van der Waals surface area contributed by atoms with Crippen LogP contribution in [0.1, 0.15) is 82.0 Å². The summed E-state index contributed by atoms with van der Waals surface area (Å²) in [4.78, 5) is 11.7. The molecule has 0 amide bonds. The molecule has 1 unspecified atom stereocenters. The van der Waals surface area contributed by atoms with Gasteiger partial charge in [0.1, 0.15) is 5.75 Å². The molecule has 0 aliphatic heterocycles. The topological polar surface area (TPSA) is 46.5 Å². The van der Waals surface area contributed by atoms with Crippen molar-refractivity contribution in [3.05, 3.63) is 29.8 Å². The maximum Gasteiger partial charge on any atom is 0.197 e. The third kappa shape index (κ3) is 7.60. The monoisotopic (exact) mass is 306 g/mol. The van der Waals surface area contributed by atoms with Gasteiger partial charge in [-0.2, -0.15) is 0 Å². The number of hydrogen-bond acceptors (Lipinski definition) is 3. The Bertz CT molecular complexity index is 411. The molecule has 0 saturated heterocycles. The van der Waals surface area contributed by atoms with E-state index in [1.807, 2.05) is 6.92 Å². The molecular formula is C19H30O3. The van der Waals surface area contributed by atoms with E-state index >= 15 is 0 Å². The quantitative estimate of drug-likeness (QED) is 0.331. The van der Waals surface area contributed by atoms with E-state index in [1.54, 1.807) is 24.3 Å². The summed E-state index contributed by atoms with van der Waals surface area (Å²) in [6.45, 7) is 4.20. The van der Waals surface area contributed by atoms with E-state index in [1.165, 1.54) is 25.7 Å². The fraction of sp³-hybridized carbons (Fsp3) is 0.632. The van der Waals surface area contributed by atoms with E-state index in [0.29, 0.717) is 24.2 Å². The van der Waals surface area contributed by atoms with Gasteiger partial charge >= 0.3 is 0 Å². The van der Waals surface area contributed by atoms with Gasteiger partial charge in [-0.05, 0) is 37.1 Å². The van der Waals surface area contributed by atoms with Gasteiger partial charge in [-0.15, -0.1) is 0 Å². The summed E-state index contributed by atoms with van der Waals surface area (Å²) >= 11 is 0. The van der Waals surface area contributed by atoms with Crippen LogP contribution in [0.5, 0.6) is 5.75 Å². The molecule has 22 heavy (non-hydrogen) atoms. The van der Waals surface area contributed by atoms with Gasteiger partial charge in [0, 0.05) is 18.4 Å². The number of ketones is 1. The van der Waals surface area contributed by atoms with Crippen LogP contribution in [0.2, 0.25) is 0 Å². The maximum absolute atomic E-state index is 11.7. The van der Waals surface area contributed by atoms with Crippen molar-refractivity contribution in [2.45, 2.75) is 77.9 Å². The molecule has 124 valence electrons. The van der Waals surface area contributed by atoms with E-state index < -0.39 is 6.29 Å². The third-order valence-corrected chi connectivity index (χ3v) is 3.73. The smallest absolute Gasteiger partial charge is 0.197 e. The molecule has 0 spiro atoms. The lowest BCUT2D eigenvalue weighted by Gasteiger charge is -2.13. The van der Waals surface area contributed by atoms with Gasteiger partial charge in [-0.1, -0.05) is 46.0 Å². The first-order chi connectivity index (χ1) is 10.7. The molecule has 1 N–H and O–H groups in total. The van der Waals surface area contributed by atoms with Crippen LogP contribution in [-0.2, 0) is 0 Å². The number of Topliss-reactive ketones (excluding diaryl/α,β-unsaturated/α-hetero) is 1. The number of ether oxygens (including phenoxy) is 1. The molecule has 1 atom stereocenters. The molecule has 0 radical (unpaired) electrons. The lowest BCUT2D eigenvalue weighted by molar-refractivity contribution is -0.0246. The molecule has 0 heterocycles. The van der Waals surface area contributed by atoms with Gasteiger partial charge in [0.2, 0.25) is 0 Å². The Hall–Kier alpha value is -1.35. The second-order valence-corrected chi connectivity index (χ2v) is 5.83. The minimum Gasteiger partial charge on any atom is -0.465 e. The molecule has 1 aromatic rings. The van der Waals surface area contributed by atoms with Crippen molar-refractivity contribution in [1.82, 2.24) is 0 Å². The van der Waals surface area contributed by atoms with Crippen molar-refractivity contribution in [2.75, 3.05) is 0 Å². The number of carbonyl (C=O) groups excluding carboxylic acids is 1. The summed E-state index contributed by atoms with van der Waals surface area (Å²) < 4.78 is 5.48. The summed E-state index contributed by atoms with van der Waals surface area (Å²) in [6, 6.07) is 7.05. The summed E-state index contributed by atoms with van der Waals surface area (Å²) in [5.41, 5.74) is 0.708. The Kier molecular flexibility index (Phi) is 9.56. The zero-order chi connectivity index (χ0) is 16.2. The molecule has 3 heteroatoms. The predicted molar refractivity (Wildman–Crippen MR) is 90.3 cm³/mol. The highest BCUT2D eigenvalue weighted by Gasteiger charge is 2.08. The lowest BCUT2D eigenvalue weighted by Crippen LogP contribution is -2.15. The standard InChI is InChI=1S/C19H30O3/c1-3-5-6-7-8-9-11-19(21)22-17-14-12-16(13-15-17)18(20)10-4-2/h12-15,19,21H,3-11H2,1-2H3. The molecule has 0 saturated carbocycles. The van der Waals surface area contributed by atoms with Crippen LogP contribution in [0.3, 0.4) is 0 Å². The highest BCUT2D eigenvalue weighted by Crippen LogP contribution is 2.17. The molecule has 0 fully saturated rings. The second kappa shape index (κ2) is 11.2. The number of hydrogen-bond donors (Lipinski definition) is 1. The molecule has 0 aliphatic rings. The van der Waals surface area contributed by atoms with E-state index in [0.717, 1.165) is 19.3 Å². The average molecular weight is 306 g/mol. The van der Waals surface area contributed by atoms with E-state index in [2.05, 4.69) is 6.92 Å². The van der Waals surface area contributed by atoms with Gasteiger partial charge < -0.3 is 9.84 Å². The highest BCUT2D eigenvalue weighted by atomic mass is 16.6. The maximum atomic E-state index is 11.7. The third-order valence-electron chi connectivity index (χ3n) is 3.73. The summed E-state index contributed by atoms with van der Waals surface area (Å²) in [5.74, 6) is 0.771. The van der Waals surface area contributed by atoms with Crippen molar-refractivity contribution in [1.29, 1.82) is 0 Å². The van der Waals surface area contributed by atoms with Gasteiger partial charge in [0.05, 0.1) is 0 Å². The van der Waals surface area contributed by atoms with Crippen LogP contribution < -0.4 is 4.74 Å². The highest BCUT2D eigenvalue weighted by molar-refractivity contribution is 5.96. The molecule has 0 bridgehead atoms. The van der Waals surface area contributed by atoms with Crippen molar-refractivity contribution >= 4 is 5.78 Å². The first-order valence-corrected chi connectivity index (χ1v) is 8.65. The number of aliphatic hydroxyl groups is 1. The molecule has 3 nitrogen and oxygen atoms in total. The van der Waals surface area contributed by atoms with Crippen LogP contribution in [0.25, 0.3) is 0 Å². The Morgan fingerprint density at radius 3 is 2.27 bits per heavy atom.